The molecule has 8 aromatic rings. The number of hydrogen-bond donors (Lipinski definition) is 0. The van der Waals surface area contributed by atoms with Crippen molar-refractivity contribution in [2.45, 2.75) is 65.8 Å². The van der Waals surface area contributed by atoms with Gasteiger partial charge in [0.05, 0.1) is 35.3 Å². The van der Waals surface area contributed by atoms with Crippen LogP contribution in [0, 0.1) is 6.92 Å². The molecule has 2 aliphatic heterocycles. The molecular weight excluding hydrogens is 762 g/mol. The lowest BCUT2D eigenvalue weighted by atomic mass is 9.33. The topological polar surface area (TPSA) is 11.4 Å². The molecule has 59 heavy (non-hydrogen) atoms. The van der Waals surface area contributed by atoms with Crippen molar-refractivity contribution < 1.29 is 0 Å². The summed E-state index contributed by atoms with van der Waals surface area (Å²) in [5, 5.41) is 7.02. The number of rotatable bonds is 6. The Morgan fingerprint density at radius 1 is 0.390 bits per heavy atom. The molecule has 0 fully saturated rings. The van der Waals surface area contributed by atoms with Crippen LogP contribution in [0.5, 0.6) is 0 Å². The number of anilines is 6. The van der Waals surface area contributed by atoms with Crippen molar-refractivity contribution in [1.29, 1.82) is 0 Å². The lowest BCUT2D eigenvalue weighted by molar-refractivity contribution is 1.17. The summed E-state index contributed by atoms with van der Waals surface area (Å²) in [5.74, 6) is 0. The quantitative estimate of drug-likeness (QED) is 0.155. The zero-order valence-electron chi connectivity index (χ0n) is 36.3. The van der Waals surface area contributed by atoms with Crippen LogP contribution < -0.4 is 41.7 Å². The van der Waals surface area contributed by atoms with Gasteiger partial charge in [0.1, 0.15) is 0 Å². The Hall–Kier alpha value is -5.34. The first kappa shape index (κ1) is 37.9. The van der Waals surface area contributed by atoms with E-state index in [9.17, 15) is 0 Å². The highest BCUT2D eigenvalue weighted by Gasteiger charge is 2.44. The summed E-state index contributed by atoms with van der Waals surface area (Å²) in [6, 6.07) is 56.5. The highest BCUT2D eigenvalue weighted by molar-refractivity contribution is 7.01. The molecule has 0 saturated heterocycles. The molecule has 0 aliphatic carbocycles. The Morgan fingerprint density at radius 3 is 1.36 bits per heavy atom. The van der Waals surface area contributed by atoms with Crippen LogP contribution in [-0.4, -0.2) is 35.5 Å². The highest BCUT2D eigenvalue weighted by atomic mass is 28.3. The van der Waals surface area contributed by atoms with Gasteiger partial charge >= 0.3 is 0 Å². The summed E-state index contributed by atoms with van der Waals surface area (Å²) in [6.45, 7) is 24.4. The van der Waals surface area contributed by atoms with Gasteiger partial charge in [-0.05, 0) is 95.6 Å². The van der Waals surface area contributed by atoms with Crippen molar-refractivity contribution in [2.24, 2.45) is 0 Å². The summed E-state index contributed by atoms with van der Waals surface area (Å²) in [4.78, 5) is 5.16. The first-order valence-electron chi connectivity index (χ1n) is 21.3. The van der Waals surface area contributed by atoms with Crippen molar-refractivity contribution >= 4 is 119 Å². The van der Waals surface area contributed by atoms with Crippen LogP contribution in [0.25, 0.3) is 27.5 Å². The lowest BCUT2D eigenvalue weighted by Gasteiger charge is -2.45. The van der Waals surface area contributed by atoms with E-state index in [1.807, 2.05) is 0 Å². The van der Waals surface area contributed by atoms with Gasteiger partial charge in [0.2, 0.25) is 0 Å². The van der Waals surface area contributed by atoms with Crippen LogP contribution >= 0.6 is 0 Å². The van der Waals surface area contributed by atoms with Crippen LogP contribution in [0.1, 0.15) is 5.56 Å². The van der Waals surface area contributed by atoms with Crippen molar-refractivity contribution in [3.05, 3.63) is 151 Å². The van der Waals surface area contributed by atoms with Crippen LogP contribution in [0.4, 0.5) is 34.1 Å². The average Bonchev–Trinajstić information content (AvgIpc) is 3.54. The molecular formula is C52H54BN3Si3. The van der Waals surface area contributed by atoms with E-state index in [1.165, 1.54) is 99.1 Å². The summed E-state index contributed by atoms with van der Waals surface area (Å²) >= 11 is 0. The molecule has 1 aromatic heterocycles. The van der Waals surface area contributed by atoms with E-state index in [-0.39, 0.29) is 6.71 Å². The summed E-state index contributed by atoms with van der Waals surface area (Å²) in [5.41, 5.74) is 16.5. The second-order valence-electron chi connectivity index (χ2n) is 20.1. The molecule has 2 aliphatic rings. The Morgan fingerprint density at radius 2 is 0.847 bits per heavy atom. The Kier molecular flexibility index (Phi) is 8.56. The van der Waals surface area contributed by atoms with E-state index < -0.39 is 24.2 Å². The van der Waals surface area contributed by atoms with Crippen LogP contribution in [-0.2, 0) is 0 Å². The molecule has 7 aromatic carbocycles. The molecule has 292 valence electrons. The van der Waals surface area contributed by atoms with E-state index in [4.69, 9.17) is 0 Å². The Labute approximate surface area is 354 Å². The molecule has 0 atom stereocenters. The maximum atomic E-state index is 2.59. The number of aromatic nitrogens is 1. The number of fused-ring (bicyclic) bond motifs is 7. The molecule has 7 heteroatoms. The van der Waals surface area contributed by atoms with E-state index in [0.717, 1.165) is 0 Å². The van der Waals surface area contributed by atoms with Crippen LogP contribution in [0.2, 0.25) is 58.9 Å². The van der Waals surface area contributed by atoms with Gasteiger partial charge in [-0.2, -0.15) is 0 Å². The second-order valence-corrected chi connectivity index (χ2v) is 35.3. The van der Waals surface area contributed by atoms with Gasteiger partial charge in [0.15, 0.2) is 0 Å². The standard InChI is InChI=1S/C52H54BN3Si3/c1-35-31-50-52-51(32-35)55(37-21-26-40(27-22-37)58(5,6)7)49-33-38(56-46-17-13-11-15-42(46)43-16-12-14-18-47(43)56)23-29-44(49)53(52)45-34-41(59(8,9)10)28-30-48(45)54(50)36-19-24-39(25-20-36)57(2,3)4/h11-34H,1-10H3. The monoisotopic (exact) mass is 815 g/mol. The third kappa shape index (κ3) is 6.11. The molecule has 0 N–H and O–H groups in total. The largest absolute Gasteiger partial charge is 0.311 e. The van der Waals surface area contributed by atoms with Gasteiger partial charge in [-0.1, -0.05) is 153 Å². The molecule has 10 rings (SSSR count). The number of hydrogen-bond acceptors (Lipinski definition) is 2. The molecule has 0 spiro atoms. The van der Waals surface area contributed by atoms with Gasteiger partial charge in [0.25, 0.3) is 6.71 Å². The molecule has 0 amide bonds. The number of aryl methyl sites for hydroxylation is 1. The van der Waals surface area contributed by atoms with Gasteiger partial charge in [-0.25, -0.2) is 0 Å². The lowest BCUT2D eigenvalue weighted by Crippen LogP contribution is -2.62. The number of para-hydroxylation sites is 2. The molecule has 0 saturated carbocycles. The zero-order chi connectivity index (χ0) is 41.2. The second kappa shape index (κ2) is 13.3. The highest BCUT2D eigenvalue weighted by Crippen LogP contribution is 2.45. The average molecular weight is 816 g/mol. The maximum absolute atomic E-state index is 2.59. The van der Waals surface area contributed by atoms with E-state index in [2.05, 4.69) is 226 Å². The fourth-order valence-corrected chi connectivity index (χ4v) is 13.2. The first-order valence-corrected chi connectivity index (χ1v) is 31.8. The van der Waals surface area contributed by atoms with Crippen molar-refractivity contribution in [2.75, 3.05) is 9.80 Å². The van der Waals surface area contributed by atoms with Crippen LogP contribution in [0.15, 0.2) is 146 Å². The maximum Gasteiger partial charge on any atom is 0.252 e. The Balaban J connectivity index is 1.28. The Bertz CT molecular complexity index is 2910. The fourth-order valence-electron chi connectivity index (χ4n) is 9.71. The molecule has 0 radical (unpaired) electrons. The van der Waals surface area contributed by atoms with Crippen molar-refractivity contribution in [1.82, 2.24) is 4.57 Å². The van der Waals surface area contributed by atoms with Crippen molar-refractivity contribution in [3.63, 3.8) is 0 Å². The third-order valence-corrected chi connectivity index (χ3v) is 19.1. The molecule has 0 unspecified atom stereocenters. The minimum absolute atomic E-state index is 0.0733. The smallest absolute Gasteiger partial charge is 0.252 e. The van der Waals surface area contributed by atoms with Gasteiger partial charge in [-0.3, -0.25) is 0 Å². The van der Waals surface area contributed by atoms with Gasteiger partial charge < -0.3 is 14.4 Å². The summed E-state index contributed by atoms with van der Waals surface area (Å²) in [6.07, 6.45) is 0. The summed E-state index contributed by atoms with van der Waals surface area (Å²) in [7, 11) is -4.66. The third-order valence-electron chi connectivity index (χ3n) is 12.9. The van der Waals surface area contributed by atoms with Crippen LogP contribution in [0.3, 0.4) is 0 Å². The number of benzene rings is 7. The van der Waals surface area contributed by atoms with Gasteiger partial charge in [0, 0.05) is 50.6 Å². The van der Waals surface area contributed by atoms with Gasteiger partial charge in [-0.15, -0.1) is 0 Å². The summed E-state index contributed by atoms with van der Waals surface area (Å²) < 4.78 is 2.47. The molecule has 0 bridgehead atoms. The first-order chi connectivity index (χ1) is 28.1. The predicted molar refractivity (Wildman–Crippen MR) is 268 cm³/mol. The molecule has 3 heterocycles. The zero-order valence-corrected chi connectivity index (χ0v) is 39.3. The minimum Gasteiger partial charge on any atom is -0.311 e. The minimum atomic E-state index is -1.66. The normalized spacial score (nSPS) is 13.8. The predicted octanol–water partition coefficient (Wildman–Crippen LogP) is 10.8. The van der Waals surface area contributed by atoms with E-state index in [0.29, 0.717) is 0 Å². The van der Waals surface area contributed by atoms with E-state index in [1.54, 1.807) is 0 Å². The fraction of sp³-hybridized carbons (Fsp3) is 0.192. The molecule has 3 nitrogen and oxygen atoms in total. The van der Waals surface area contributed by atoms with E-state index >= 15 is 0 Å². The SMILES string of the molecule is Cc1cc2c3c(c1)N(c1ccc([Si](C)(C)C)cc1)c1cc(-n4c5ccccc5c5ccccc54)ccc1B3c1cc([Si](C)(C)C)ccc1N2c1ccc([Si](C)(C)C)cc1. The van der Waals surface area contributed by atoms with Crippen molar-refractivity contribution in [3.8, 4) is 5.69 Å². The number of nitrogens with zero attached hydrogens (tertiary/aromatic N) is 3.